The quantitative estimate of drug-likeness (QED) is 0.534. The van der Waals surface area contributed by atoms with Gasteiger partial charge < -0.3 is 9.47 Å². The van der Waals surface area contributed by atoms with E-state index in [-0.39, 0.29) is 12.6 Å². The number of hydrogen-bond acceptors (Lipinski definition) is 3. The molecule has 0 fully saturated rings. The Labute approximate surface area is 143 Å². The third-order valence-corrected chi connectivity index (χ3v) is 3.53. The molecule has 24 heavy (non-hydrogen) atoms. The average Bonchev–Trinajstić information content (AvgIpc) is 2.53. The molecule has 0 radical (unpaired) electrons. The minimum Gasteiger partial charge on any atom is -0.489 e. The fraction of sp³-hybridized carbons (Fsp3) is 0.286. The molecule has 3 heteroatoms. The molecule has 2 rings (SSSR count). The maximum atomic E-state index is 12.6. The highest BCUT2D eigenvalue weighted by atomic mass is 16.5. The van der Waals surface area contributed by atoms with Crippen molar-refractivity contribution in [3.63, 3.8) is 0 Å². The Balaban J connectivity index is 2.36. The first-order chi connectivity index (χ1) is 11.5. The Morgan fingerprint density at radius 3 is 2.29 bits per heavy atom. The first-order valence-electron chi connectivity index (χ1n) is 8.07. The normalized spacial score (nSPS) is 10.2. The average molecular weight is 324 g/mol. The Morgan fingerprint density at radius 2 is 1.58 bits per heavy atom. The standard InChI is InChI=1S/C21H24O3/c1-15(2)11-13-23-19-10-9-17-7-5-6-8-18(17)20(19)21(22)24-14-12-16(3)4/h5-12H,13-14H2,1-4H3. The van der Waals surface area contributed by atoms with Gasteiger partial charge in [-0.3, -0.25) is 0 Å². The molecule has 0 aliphatic heterocycles. The van der Waals surface area contributed by atoms with Gasteiger partial charge >= 0.3 is 5.97 Å². The van der Waals surface area contributed by atoms with E-state index in [4.69, 9.17) is 9.47 Å². The van der Waals surface area contributed by atoms with E-state index in [9.17, 15) is 4.79 Å². The predicted molar refractivity (Wildman–Crippen MR) is 98.6 cm³/mol. The van der Waals surface area contributed by atoms with Gasteiger partial charge in [-0.15, -0.1) is 0 Å². The Bertz CT molecular complexity index is 777. The maximum absolute atomic E-state index is 12.6. The second-order valence-corrected chi connectivity index (χ2v) is 6.13. The first-order valence-corrected chi connectivity index (χ1v) is 8.07. The van der Waals surface area contributed by atoms with Crippen molar-refractivity contribution in [1.29, 1.82) is 0 Å². The van der Waals surface area contributed by atoms with Crippen molar-refractivity contribution in [1.82, 2.24) is 0 Å². The van der Waals surface area contributed by atoms with Crippen molar-refractivity contribution >= 4 is 16.7 Å². The highest BCUT2D eigenvalue weighted by molar-refractivity contribution is 6.07. The lowest BCUT2D eigenvalue weighted by Gasteiger charge is -2.13. The van der Waals surface area contributed by atoms with Crippen molar-refractivity contribution in [2.24, 2.45) is 0 Å². The fourth-order valence-corrected chi connectivity index (χ4v) is 2.24. The number of allylic oxidation sites excluding steroid dienone is 2. The molecule has 0 aromatic heterocycles. The van der Waals surface area contributed by atoms with E-state index in [1.54, 1.807) is 0 Å². The molecule has 0 heterocycles. The summed E-state index contributed by atoms with van der Waals surface area (Å²) in [6.07, 6.45) is 3.86. The van der Waals surface area contributed by atoms with Crippen LogP contribution in [0.1, 0.15) is 38.1 Å². The van der Waals surface area contributed by atoms with Gasteiger partial charge in [0.25, 0.3) is 0 Å². The number of carbonyl (C=O) groups is 1. The van der Waals surface area contributed by atoms with Crippen LogP contribution >= 0.6 is 0 Å². The molecule has 3 nitrogen and oxygen atoms in total. The molecule has 0 aliphatic rings. The molecule has 0 N–H and O–H groups in total. The zero-order chi connectivity index (χ0) is 17.5. The molecule has 0 spiro atoms. The van der Waals surface area contributed by atoms with Gasteiger partial charge in [-0.25, -0.2) is 4.79 Å². The zero-order valence-corrected chi connectivity index (χ0v) is 14.8. The van der Waals surface area contributed by atoms with Crippen LogP contribution in [0.5, 0.6) is 5.75 Å². The number of ether oxygens (including phenoxy) is 2. The number of hydrogen-bond donors (Lipinski definition) is 0. The monoisotopic (exact) mass is 324 g/mol. The minimum absolute atomic E-state index is 0.262. The summed E-state index contributed by atoms with van der Waals surface area (Å²) in [4.78, 5) is 12.6. The molecule has 2 aromatic carbocycles. The Morgan fingerprint density at radius 1 is 0.917 bits per heavy atom. The molecule has 0 aliphatic carbocycles. The SMILES string of the molecule is CC(C)=CCOC(=O)c1c(OCC=C(C)C)ccc2ccccc12. The van der Waals surface area contributed by atoms with Gasteiger partial charge in [0.2, 0.25) is 0 Å². The van der Waals surface area contributed by atoms with E-state index >= 15 is 0 Å². The van der Waals surface area contributed by atoms with Crippen LogP contribution in [0, 0.1) is 0 Å². The summed E-state index contributed by atoms with van der Waals surface area (Å²) in [5.41, 5.74) is 2.77. The molecule has 0 unspecified atom stereocenters. The summed E-state index contributed by atoms with van der Waals surface area (Å²) in [7, 11) is 0. The second-order valence-electron chi connectivity index (χ2n) is 6.13. The fourth-order valence-electron chi connectivity index (χ4n) is 2.24. The van der Waals surface area contributed by atoms with E-state index < -0.39 is 0 Å². The highest BCUT2D eigenvalue weighted by Crippen LogP contribution is 2.29. The van der Waals surface area contributed by atoms with E-state index in [0.29, 0.717) is 17.9 Å². The largest absolute Gasteiger partial charge is 0.489 e. The lowest BCUT2D eigenvalue weighted by Crippen LogP contribution is -2.09. The molecular formula is C21H24O3. The van der Waals surface area contributed by atoms with Gasteiger partial charge in [0, 0.05) is 0 Å². The van der Waals surface area contributed by atoms with Gasteiger partial charge in [-0.1, -0.05) is 41.5 Å². The van der Waals surface area contributed by atoms with Crippen molar-refractivity contribution < 1.29 is 14.3 Å². The Kier molecular flexibility index (Phi) is 6.19. The molecule has 0 saturated carbocycles. The van der Waals surface area contributed by atoms with Gasteiger partial charge in [0.1, 0.15) is 24.5 Å². The van der Waals surface area contributed by atoms with Gasteiger partial charge in [-0.2, -0.15) is 0 Å². The van der Waals surface area contributed by atoms with E-state index in [1.165, 1.54) is 5.57 Å². The van der Waals surface area contributed by atoms with Crippen LogP contribution in [0.3, 0.4) is 0 Å². The van der Waals surface area contributed by atoms with E-state index in [0.717, 1.165) is 16.3 Å². The van der Waals surface area contributed by atoms with Crippen LogP contribution in [-0.2, 0) is 4.74 Å². The molecule has 0 bridgehead atoms. The molecule has 0 amide bonds. The lowest BCUT2D eigenvalue weighted by molar-refractivity contribution is 0.0547. The molecule has 0 saturated heterocycles. The van der Waals surface area contributed by atoms with Crippen LogP contribution in [0.2, 0.25) is 0 Å². The van der Waals surface area contributed by atoms with Crippen molar-refractivity contribution in [3.8, 4) is 5.75 Å². The Hall–Kier alpha value is -2.55. The van der Waals surface area contributed by atoms with Crippen LogP contribution in [0.4, 0.5) is 0 Å². The number of esters is 1. The number of fused-ring (bicyclic) bond motifs is 1. The summed E-state index contributed by atoms with van der Waals surface area (Å²) in [6.45, 7) is 8.66. The summed E-state index contributed by atoms with van der Waals surface area (Å²) >= 11 is 0. The highest BCUT2D eigenvalue weighted by Gasteiger charge is 2.17. The summed E-state index contributed by atoms with van der Waals surface area (Å²) in [5, 5.41) is 1.83. The van der Waals surface area contributed by atoms with Gasteiger partial charge in [0.05, 0.1) is 0 Å². The minimum atomic E-state index is -0.364. The van der Waals surface area contributed by atoms with E-state index in [1.807, 2.05) is 76.2 Å². The van der Waals surface area contributed by atoms with Crippen molar-refractivity contribution in [3.05, 3.63) is 65.3 Å². The molecule has 2 aromatic rings. The lowest BCUT2D eigenvalue weighted by atomic mass is 10.0. The summed E-state index contributed by atoms with van der Waals surface area (Å²) in [6, 6.07) is 11.5. The second kappa shape index (κ2) is 8.34. The molecular weight excluding hydrogens is 300 g/mol. The van der Waals surface area contributed by atoms with Crippen LogP contribution in [0.15, 0.2) is 59.7 Å². The molecule has 0 atom stereocenters. The summed E-state index contributed by atoms with van der Waals surface area (Å²) in [5.74, 6) is 0.185. The van der Waals surface area contributed by atoms with Gasteiger partial charge in [-0.05, 0) is 56.7 Å². The van der Waals surface area contributed by atoms with Crippen molar-refractivity contribution in [2.75, 3.05) is 13.2 Å². The maximum Gasteiger partial charge on any atom is 0.342 e. The van der Waals surface area contributed by atoms with E-state index in [2.05, 4.69) is 0 Å². The predicted octanol–water partition coefficient (Wildman–Crippen LogP) is 5.31. The summed E-state index contributed by atoms with van der Waals surface area (Å²) < 4.78 is 11.2. The number of benzene rings is 2. The first kappa shape index (κ1) is 17.8. The smallest absolute Gasteiger partial charge is 0.342 e. The number of carbonyl (C=O) groups excluding carboxylic acids is 1. The van der Waals surface area contributed by atoms with Crippen molar-refractivity contribution in [2.45, 2.75) is 27.7 Å². The van der Waals surface area contributed by atoms with Crippen LogP contribution in [0.25, 0.3) is 10.8 Å². The van der Waals surface area contributed by atoms with Crippen LogP contribution in [-0.4, -0.2) is 19.2 Å². The third kappa shape index (κ3) is 4.72. The number of rotatable bonds is 6. The third-order valence-electron chi connectivity index (χ3n) is 3.53. The van der Waals surface area contributed by atoms with Crippen LogP contribution < -0.4 is 4.74 Å². The topological polar surface area (TPSA) is 35.5 Å². The van der Waals surface area contributed by atoms with Gasteiger partial charge in [0.15, 0.2) is 0 Å². The zero-order valence-electron chi connectivity index (χ0n) is 14.8. The molecule has 126 valence electrons.